The second kappa shape index (κ2) is 11.6. The molecule has 4 aromatic rings. The molecule has 0 radical (unpaired) electrons. The lowest BCUT2D eigenvalue weighted by Gasteiger charge is -2.34. The first-order chi connectivity index (χ1) is 22.0. The maximum atomic E-state index is 14.0. The highest BCUT2D eigenvalue weighted by molar-refractivity contribution is 6.19. The van der Waals surface area contributed by atoms with Gasteiger partial charge in [0, 0.05) is 23.5 Å². The SMILES string of the molecule is BC(Nc1cc(C#N)c2ncc(C#N)c(N[C@H](CC)c3ccccc3)c2c1)(C1=CN(C2(C(F)(F)F)CC2)NN1)c1ccc(F)cc1. The first kappa shape index (κ1) is 30.7. The quantitative estimate of drug-likeness (QED) is 0.136. The number of alkyl halides is 3. The minimum absolute atomic E-state index is 0.0579. The smallest absolute Gasteiger partial charge is 0.378 e. The number of halogens is 4. The van der Waals surface area contributed by atoms with Gasteiger partial charge in [-0.3, -0.25) is 9.99 Å². The molecule has 0 bridgehead atoms. The predicted molar refractivity (Wildman–Crippen MR) is 169 cm³/mol. The van der Waals surface area contributed by atoms with Crippen LogP contribution in [0.3, 0.4) is 0 Å². The lowest BCUT2D eigenvalue weighted by molar-refractivity contribution is -0.195. The van der Waals surface area contributed by atoms with E-state index in [4.69, 9.17) is 0 Å². The minimum atomic E-state index is -4.46. The van der Waals surface area contributed by atoms with Crippen LogP contribution in [0.1, 0.15) is 54.5 Å². The van der Waals surface area contributed by atoms with Gasteiger partial charge in [0.15, 0.2) is 5.54 Å². The largest absolute Gasteiger partial charge is 0.413 e. The fourth-order valence-corrected chi connectivity index (χ4v) is 5.93. The van der Waals surface area contributed by atoms with Gasteiger partial charge in [0.2, 0.25) is 0 Å². The van der Waals surface area contributed by atoms with Crippen molar-refractivity contribution in [3.8, 4) is 12.1 Å². The molecule has 46 heavy (non-hydrogen) atoms. The number of nitrogens with zero attached hydrogens (tertiary/aromatic N) is 4. The summed E-state index contributed by atoms with van der Waals surface area (Å²) in [5.74, 6) is -0.472. The Bertz CT molecular complexity index is 1900. The van der Waals surface area contributed by atoms with E-state index in [0.29, 0.717) is 40.0 Å². The van der Waals surface area contributed by atoms with Gasteiger partial charge < -0.3 is 16.1 Å². The summed E-state index contributed by atoms with van der Waals surface area (Å²) in [5, 5.41) is 28.6. The molecule has 4 N–H and O–H groups in total. The molecule has 0 spiro atoms. The van der Waals surface area contributed by atoms with Crippen molar-refractivity contribution < 1.29 is 17.6 Å². The lowest BCUT2D eigenvalue weighted by Crippen LogP contribution is -2.53. The topological polar surface area (TPSA) is 112 Å². The van der Waals surface area contributed by atoms with Crippen LogP contribution in [0, 0.1) is 28.5 Å². The normalized spacial score (nSPS) is 17.2. The maximum Gasteiger partial charge on any atom is 0.413 e. The molecule has 1 unspecified atom stereocenters. The molecular formula is C33H29BF4N8. The van der Waals surface area contributed by atoms with E-state index in [1.54, 1.807) is 32.1 Å². The van der Waals surface area contributed by atoms with E-state index in [0.717, 1.165) is 10.6 Å². The Morgan fingerprint density at radius 1 is 1.04 bits per heavy atom. The molecule has 0 amide bonds. The number of hydrogen-bond acceptors (Lipinski definition) is 8. The van der Waals surface area contributed by atoms with Gasteiger partial charge in [-0.15, -0.1) is 5.53 Å². The number of anilines is 2. The van der Waals surface area contributed by atoms with Crippen molar-refractivity contribution in [1.29, 1.82) is 10.5 Å². The van der Waals surface area contributed by atoms with Gasteiger partial charge in [-0.25, -0.2) is 4.39 Å². The van der Waals surface area contributed by atoms with Crippen molar-refractivity contribution in [2.75, 3.05) is 10.6 Å². The summed E-state index contributed by atoms with van der Waals surface area (Å²) in [6.45, 7) is 2.02. The Hall–Kier alpha value is -5.27. The van der Waals surface area contributed by atoms with Crippen LogP contribution in [0.15, 0.2) is 84.8 Å². The Labute approximate surface area is 264 Å². The standard InChI is InChI=1S/C33H29BF4N8/c1-2-27(20-6-4-3-5-7-20)42-30-22(17-40)18-41-29-21(16-39)14-25(15-26(29)30)43-32(34,23-8-10-24(35)11-9-23)28-19-46(45-44-28)31(12-13-31)33(36,37)38/h3-11,14-15,18-19,27,43-45H,2,12-13,34H2,1H3,(H,41,42)/t27-,32?/m1/s1. The van der Waals surface area contributed by atoms with Crippen LogP contribution in [-0.2, 0) is 5.44 Å². The summed E-state index contributed by atoms with van der Waals surface area (Å²) in [6, 6.07) is 23.0. The highest BCUT2D eigenvalue weighted by atomic mass is 19.4. The molecule has 2 heterocycles. The van der Waals surface area contributed by atoms with Gasteiger partial charge in [-0.1, -0.05) is 49.4 Å². The summed E-state index contributed by atoms with van der Waals surface area (Å²) in [6.07, 6.45) is -1.07. The molecule has 13 heteroatoms. The van der Waals surface area contributed by atoms with Gasteiger partial charge in [0.1, 0.15) is 25.8 Å². The molecule has 232 valence electrons. The zero-order valence-corrected chi connectivity index (χ0v) is 25.0. The van der Waals surface area contributed by atoms with Crippen molar-refractivity contribution in [1.82, 2.24) is 21.0 Å². The first-order valence-electron chi connectivity index (χ1n) is 14.8. The van der Waals surface area contributed by atoms with Crippen LogP contribution < -0.4 is 21.6 Å². The van der Waals surface area contributed by atoms with Crippen LogP contribution in [0.4, 0.5) is 28.9 Å². The highest BCUT2D eigenvalue weighted by Gasteiger charge is 2.67. The van der Waals surface area contributed by atoms with E-state index < -0.39 is 23.0 Å². The summed E-state index contributed by atoms with van der Waals surface area (Å²) in [4.78, 5) is 4.44. The second-order valence-electron chi connectivity index (χ2n) is 11.6. The van der Waals surface area contributed by atoms with Crippen LogP contribution in [-0.4, -0.2) is 29.6 Å². The molecule has 1 aromatic heterocycles. The van der Waals surface area contributed by atoms with Gasteiger partial charge in [-0.2, -0.15) is 23.7 Å². The summed E-state index contributed by atoms with van der Waals surface area (Å²) in [7, 11) is 1.75. The number of fused-ring (bicyclic) bond motifs is 1. The van der Waals surface area contributed by atoms with E-state index in [-0.39, 0.29) is 30.0 Å². The van der Waals surface area contributed by atoms with Gasteiger partial charge in [0.05, 0.1) is 39.5 Å². The molecule has 2 aliphatic rings. The molecule has 6 rings (SSSR count). The van der Waals surface area contributed by atoms with Crippen LogP contribution in [0.5, 0.6) is 0 Å². The number of nitriles is 2. The molecule has 1 fully saturated rings. The molecule has 8 nitrogen and oxygen atoms in total. The summed E-state index contributed by atoms with van der Waals surface area (Å²) >= 11 is 0. The van der Waals surface area contributed by atoms with E-state index in [1.165, 1.54) is 24.5 Å². The number of pyridine rings is 1. The van der Waals surface area contributed by atoms with Gasteiger partial charge >= 0.3 is 6.18 Å². The fourth-order valence-electron chi connectivity index (χ4n) is 5.93. The molecular weight excluding hydrogens is 595 g/mol. The summed E-state index contributed by atoms with van der Waals surface area (Å²) in [5.41, 5.74) is 6.01. The van der Waals surface area contributed by atoms with Crippen molar-refractivity contribution >= 4 is 30.1 Å². The van der Waals surface area contributed by atoms with Crippen molar-refractivity contribution in [3.05, 3.63) is 113 Å². The number of benzene rings is 3. The van der Waals surface area contributed by atoms with Crippen molar-refractivity contribution in [3.63, 3.8) is 0 Å². The van der Waals surface area contributed by atoms with Crippen LogP contribution in [0.25, 0.3) is 10.9 Å². The molecule has 0 saturated heterocycles. The minimum Gasteiger partial charge on any atom is -0.378 e. The Kier molecular flexibility index (Phi) is 7.74. The number of aromatic nitrogens is 1. The van der Waals surface area contributed by atoms with Crippen molar-refractivity contribution in [2.45, 2.75) is 49.4 Å². The molecule has 1 aliphatic heterocycles. The molecule has 2 atom stereocenters. The average molecular weight is 624 g/mol. The van der Waals surface area contributed by atoms with E-state index >= 15 is 0 Å². The third-order valence-electron chi connectivity index (χ3n) is 8.78. The van der Waals surface area contributed by atoms with Gasteiger partial charge in [0.25, 0.3) is 0 Å². The monoisotopic (exact) mass is 624 g/mol. The van der Waals surface area contributed by atoms with Crippen molar-refractivity contribution in [2.24, 2.45) is 0 Å². The zero-order valence-electron chi connectivity index (χ0n) is 25.0. The first-order valence-corrected chi connectivity index (χ1v) is 14.8. The van der Waals surface area contributed by atoms with E-state index in [9.17, 15) is 28.1 Å². The summed E-state index contributed by atoms with van der Waals surface area (Å²) < 4.78 is 55.9. The highest BCUT2D eigenvalue weighted by Crippen LogP contribution is 2.54. The zero-order chi connectivity index (χ0) is 32.7. The number of hydrogen-bond donors (Lipinski definition) is 4. The second-order valence-corrected chi connectivity index (χ2v) is 11.6. The van der Waals surface area contributed by atoms with E-state index in [1.807, 2.05) is 37.3 Å². The molecule has 3 aromatic carbocycles. The third-order valence-corrected chi connectivity index (χ3v) is 8.78. The van der Waals surface area contributed by atoms with Gasteiger partial charge in [-0.05, 0) is 54.7 Å². The number of rotatable bonds is 9. The average Bonchev–Trinajstić information content (AvgIpc) is 3.73. The predicted octanol–water partition coefficient (Wildman–Crippen LogP) is 5.84. The number of hydrazine groups is 2. The molecule has 1 aliphatic carbocycles. The Balaban J connectivity index is 1.47. The number of nitrogens with one attached hydrogen (secondary N) is 4. The Morgan fingerprint density at radius 3 is 2.35 bits per heavy atom. The molecule has 1 saturated carbocycles. The maximum absolute atomic E-state index is 14.0. The van der Waals surface area contributed by atoms with E-state index in [2.05, 4.69) is 38.7 Å². The fraction of sp³-hybridized carbons (Fsp3) is 0.242. The van der Waals surface area contributed by atoms with Crippen LogP contribution >= 0.6 is 0 Å². The van der Waals surface area contributed by atoms with Crippen LogP contribution in [0.2, 0.25) is 0 Å². The Morgan fingerprint density at radius 2 is 1.74 bits per heavy atom. The lowest BCUT2D eigenvalue weighted by atomic mass is 9.69. The third kappa shape index (κ3) is 5.33.